The molecule has 0 spiro atoms. The molecule has 8 nitrogen and oxygen atoms in total. The van der Waals surface area contributed by atoms with E-state index in [0.717, 1.165) is 11.4 Å². The van der Waals surface area contributed by atoms with Crippen molar-refractivity contribution in [2.24, 2.45) is 5.10 Å². The summed E-state index contributed by atoms with van der Waals surface area (Å²) in [6, 6.07) is 12.7. The van der Waals surface area contributed by atoms with Gasteiger partial charge in [0, 0.05) is 17.8 Å². The number of hydrogen-bond donors (Lipinski definition) is 2. The number of carbonyl (C=O) groups is 1. The van der Waals surface area contributed by atoms with Crippen molar-refractivity contribution in [1.29, 1.82) is 0 Å². The maximum absolute atomic E-state index is 12.0. The van der Waals surface area contributed by atoms with Crippen LogP contribution in [0.2, 0.25) is 0 Å². The summed E-state index contributed by atoms with van der Waals surface area (Å²) in [5.74, 6) is 0.458. The molecule has 0 saturated heterocycles. The van der Waals surface area contributed by atoms with Crippen LogP contribution in [-0.4, -0.2) is 29.7 Å². The first kappa shape index (κ1) is 18.9. The summed E-state index contributed by atoms with van der Waals surface area (Å²) in [6.45, 7) is 4.22. The third-order valence-electron chi connectivity index (χ3n) is 3.43. The Morgan fingerprint density at radius 3 is 2.46 bits per heavy atom. The van der Waals surface area contributed by atoms with E-state index in [9.17, 15) is 14.9 Å². The number of rotatable bonds is 8. The molecule has 1 amide bonds. The minimum absolute atomic E-state index is 0.000590. The van der Waals surface area contributed by atoms with E-state index in [4.69, 9.17) is 4.74 Å². The monoisotopic (exact) mass is 356 g/mol. The number of hydrogen-bond acceptors (Lipinski definition) is 6. The third-order valence-corrected chi connectivity index (χ3v) is 3.43. The first-order chi connectivity index (χ1) is 12.5. The van der Waals surface area contributed by atoms with Crippen molar-refractivity contribution in [2.45, 2.75) is 19.9 Å². The van der Waals surface area contributed by atoms with Crippen LogP contribution in [0.5, 0.6) is 5.75 Å². The van der Waals surface area contributed by atoms with E-state index in [1.807, 2.05) is 31.2 Å². The molecular weight excluding hydrogens is 336 g/mol. The van der Waals surface area contributed by atoms with Gasteiger partial charge in [-0.2, -0.15) is 5.10 Å². The van der Waals surface area contributed by atoms with Gasteiger partial charge in [-0.1, -0.05) is 0 Å². The van der Waals surface area contributed by atoms with E-state index in [0.29, 0.717) is 12.2 Å². The molecule has 0 bridgehead atoms. The van der Waals surface area contributed by atoms with Gasteiger partial charge < -0.3 is 10.1 Å². The fraction of sp³-hybridized carbons (Fsp3) is 0.222. The van der Waals surface area contributed by atoms with Crippen LogP contribution in [0.3, 0.4) is 0 Å². The molecule has 0 fully saturated rings. The van der Waals surface area contributed by atoms with Crippen LogP contribution in [-0.2, 0) is 4.79 Å². The second kappa shape index (κ2) is 9.16. The summed E-state index contributed by atoms with van der Waals surface area (Å²) in [5.41, 5.74) is 3.86. The Kier molecular flexibility index (Phi) is 6.67. The van der Waals surface area contributed by atoms with Crippen molar-refractivity contribution < 1.29 is 14.5 Å². The molecule has 1 atom stereocenters. The topological polar surface area (TPSA) is 106 Å². The Morgan fingerprint density at radius 1 is 1.23 bits per heavy atom. The predicted molar refractivity (Wildman–Crippen MR) is 99.5 cm³/mol. The van der Waals surface area contributed by atoms with Gasteiger partial charge in [-0.05, 0) is 55.8 Å². The molecular formula is C18H20N4O4. The molecule has 0 saturated carbocycles. The maximum atomic E-state index is 12.0. The summed E-state index contributed by atoms with van der Waals surface area (Å²) in [7, 11) is 0. The number of nitrogens with zero attached hydrogens (tertiary/aromatic N) is 2. The number of ether oxygens (including phenoxy) is 1. The molecule has 136 valence electrons. The highest BCUT2D eigenvalue weighted by Crippen LogP contribution is 2.16. The van der Waals surface area contributed by atoms with Crippen LogP contribution < -0.4 is 15.5 Å². The summed E-state index contributed by atoms with van der Waals surface area (Å²) in [6.07, 6.45) is 1.42. The number of nitro benzene ring substituents is 1. The van der Waals surface area contributed by atoms with Gasteiger partial charge in [-0.15, -0.1) is 0 Å². The van der Waals surface area contributed by atoms with E-state index in [1.54, 1.807) is 19.1 Å². The van der Waals surface area contributed by atoms with Gasteiger partial charge in [-0.25, -0.2) is 5.43 Å². The molecule has 2 aromatic carbocycles. The molecule has 0 aliphatic rings. The minimum atomic E-state index is -0.498. The number of benzene rings is 2. The van der Waals surface area contributed by atoms with Crippen LogP contribution >= 0.6 is 0 Å². The van der Waals surface area contributed by atoms with Gasteiger partial charge in [0.25, 0.3) is 11.6 Å². The summed E-state index contributed by atoms with van der Waals surface area (Å²) in [5, 5.41) is 17.5. The SMILES string of the molecule is CCOc1ccc(N[C@@H](C)C(=O)N/N=C\c2ccc([N+](=O)[O-])cc2)cc1. The molecule has 26 heavy (non-hydrogen) atoms. The lowest BCUT2D eigenvalue weighted by molar-refractivity contribution is -0.384. The minimum Gasteiger partial charge on any atom is -0.494 e. The summed E-state index contributed by atoms with van der Waals surface area (Å²) < 4.78 is 5.37. The third kappa shape index (κ3) is 5.59. The van der Waals surface area contributed by atoms with Crippen molar-refractivity contribution in [3.8, 4) is 5.75 Å². The highest BCUT2D eigenvalue weighted by Gasteiger charge is 2.11. The van der Waals surface area contributed by atoms with E-state index < -0.39 is 11.0 Å². The molecule has 2 N–H and O–H groups in total. The first-order valence-corrected chi connectivity index (χ1v) is 8.06. The number of amides is 1. The largest absolute Gasteiger partial charge is 0.494 e. The highest BCUT2D eigenvalue weighted by molar-refractivity contribution is 5.86. The molecule has 0 unspecified atom stereocenters. The fourth-order valence-corrected chi connectivity index (χ4v) is 2.08. The van der Waals surface area contributed by atoms with Crippen LogP contribution in [0.15, 0.2) is 53.6 Å². The zero-order valence-corrected chi connectivity index (χ0v) is 14.5. The van der Waals surface area contributed by atoms with E-state index >= 15 is 0 Å². The van der Waals surface area contributed by atoms with Gasteiger partial charge in [-0.3, -0.25) is 14.9 Å². The van der Waals surface area contributed by atoms with E-state index in [-0.39, 0.29) is 11.6 Å². The van der Waals surface area contributed by atoms with Crippen molar-refractivity contribution in [2.75, 3.05) is 11.9 Å². The second-order valence-corrected chi connectivity index (χ2v) is 5.41. The van der Waals surface area contributed by atoms with Crippen LogP contribution in [0.4, 0.5) is 11.4 Å². The number of nitro groups is 1. The zero-order valence-electron chi connectivity index (χ0n) is 14.5. The first-order valence-electron chi connectivity index (χ1n) is 8.06. The number of anilines is 1. The summed E-state index contributed by atoms with van der Waals surface area (Å²) in [4.78, 5) is 22.2. The Morgan fingerprint density at radius 2 is 1.88 bits per heavy atom. The number of carbonyl (C=O) groups excluding carboxylic acids is 1. The molecule has 0 aromatic heterocycles. The standard InChI is InChI=1S/C18H20N4O4/c1-3-26-17-10-6-15(7-11-17)20-13(2)18(23)21-19-12-14-4-8-16(9-5-14)22(24)25/h4-13,20H,3H2,1-2H3,(H,21,23)/b19-12-/t13-/m0/s1. The van der Waals surface area contributed by atoms with Gasteiger partial charge in [0.2, 0.25) is 0 Å². The average Bonchev–Trinajstić information content (AvgIpc) is 2.64. The molecule has 2 aromatic rings. The van der Waals surface area contributed by atoms with Crippen molar-refractivity contribution in [3.05, 3.63) is 64.2 Å². The maximum Gasteiger partial charge on any atom is 0.269 e. The lowest BCUT2D eigenvalue weighted by Crippen LogP contribution is -2.34. The Balaban J connectivity index is 1.85. The van der Waals surface area contributed by atoms with Crippen LogP contribution in [0.1, 0.15) is 19.4 Å². The Labute approximate surface area is 151 Å². The fourth-order valence-electron chi connectivity index (χ4n) is 2.08. The number of non-ortho nitro benzene ring substituents is 1. The van der Waals surface area contributed by atoms with E-state index in [1.165, 1.54) is 18.3 Å². The Bertz CT molecular complexity index is 773. The highest BCUT2D eigenvalue weighted by atomic mass is 16.6. The zero-order chi connectivity index (χ0) is 18.9. The predicted octanol–water partition coefficient (Wildman–Crippen LogP) is 2.94. The van der Waals surface area contributed by atoms with Gasteiger partial charge in [0.15, 0.2) is 0 Å². The second-order valence-electron chi connectivity index (χ2n) is 5.41. The lowest BCUT2D eigenvalue weighted by Gasteiger charge is -2.13. The molecule has 8 heteroatoms. The number of nitrogens with one attached hydrogen (secondary N) is 2. The van der Waals surface area contributed by atoms with Gasteiger partial charge in [0.1, 0.15) is 11.8 Å². The van der Waals surface area contributed by atoms with Crippen molar-refractivity contribution in [3.63, 3.8) is 0 Å². The molecule has 0 radical (unpaired) electrons. The molecule has 2 rings (SSSR count). The van der Waals surface area contributed by atoms with Gasteiger partial charge in [0.05, 0.1) is 17.7 Å². The van der Waals surface area contributed by atoms with Gasteiger partial charge >= 0.3 is 0 Å². The van der Waals surface area contributed by atoms with E-state index in [2.05, 4.69) is 15.8 Å². The quantitative estimate of drug-likeness (QED) is 0.430. The molecule has 0 aliphatic carbocycles. The normalized spacial score (nSPS) is 11.8. The van der Waals surface area contributed by atoms with Crippen LogP contribution in [0.25, 0.3) is 0 Å². The molecule has 0 heterocycles. The Hall–Kier alpha value is -3.42. The smallest absolute Gasteiger partial charge is 0.269 e. The van der Waals surface area contributed by atoms with Crippen molar-refractivity contribution >= 4 is 23.5 Å². The van der Waals surface area contributed by atoms with Crippen LogP contribution in [0, 0.1) is 10.1 Å². The molecule has 0 aliphatic heterocycles. The van der Waals surface area contributed by atoms with Crippen molar-refractivity contribution in [1.82, 2.24) is 5.43 Å². The average molecular weight is 356 g/mol. The summed E-state index contributed by atoms with van der Waals surface area (Å²) >= 11 is 0. The lowest BCUT2D eigenvalue weighted by atomic mass is 10.2. The number of hydrazone groups is 1.